The molecule has 1 heterocycles. The summed E-state index contributed by atoms with van der Waals surface area (Å²) < 4.78 is 0.881. The van der Waals surface area contributed by atoms with Crippen molar-refractivity contribution in [3.63, 3.8) is 0 Å². The molecule has 150 valence electrons. The molecular weight excluding hydrogens is 452 g/mol. The van der Waals surface area contributed by atoms with Crippen LogP contribution >= 0.6 is 28.1 Å². The first kappa shape index (κ1) is 21.1. The highest BCUT2D eigenvalue weighted by atomic mass is 79.9. The average molecular weight is 473 g/mol. The average Bonchev–Trinajstić information content (AvgIpc) is 2.71. The van der Waals surface area contributed by atoms with Crippen molar-refractivity contribution in [2.45, 2.75) is 13.8 Å². The van der Waals surface area contributed by atoms with E-state index in [4.69, 9.17) is 12.2 Å². The number of anilines is 2. The van der Waals surface area contributed by atoms with Crippen molar-refractivity contribution in [1.29, 1.82) is 0 Å². The van der Waals surface area contributed by atoms with Crippen LogP contribution in [0.1, 0.15) is 13.8 Å². The molecule has 1 atom stereocenters. The summed E-state index contributed by atoms with van der Waals surface area (Å²) in [4.78, 5) is 33.2. The van der Waals surface area contributed by atoms with Gasteiger partial charge in [-0.2, -0.15) is 0 Å². The van der Waals surface area contributed by atoms with Gasteiger partial charge in [-0.3, -0.25) is 19.5 Å². The van der Waals surface area contributed by atoms with E-state index in [1.165, 1.54) is 11.1 Å². The lowest BCUT2D eigenvalue weighted by Crippen LogP contribution is -2.58. The Labute approximate surface area is 183 Å². The van der Waals surface area contributed by atoms with Crippen molar-refractivity contribution in [1.82, 2.24) is 5.32 Å². The Morgan fingerprint density at radius 1 is 1.10 bits per heavy atom. The lowest BCUT2D eigenvalue weighted by atomic mass is 10.1. The van der Waals surface area contributed by atoms with Crippen LogP contribution in [0.2, 0.25) is 0 Å². The highest BCUT2D eigenvalue weighted by Crippen LogP contribution is 2.24. The van der Waals surface area contributed by atoms with E-state index in [9.17, 15) is 9.59 Å². The Hall–Kier alpha value is -2.58. The van der Waals surface area contributed by atoms with E-state index in [0.29, 0.717) is 11.4 Å². The third-order valence-corrected chi connectivity index (χ3v) is 5.45. The van der Waals surface area contributed by atoms with Crippen molar-refractivity contribution in [3.05, 3.63) is 53.0 Å². The summed E-state index contributed by atoms with van der Waals surface area (Å²) in [5, 5.41) is 2.65. The molecular formula is C21H21BrN4O2S. The van der Waals surface area contributed by atoms with Crippen molar-refractivity contribution >= 4 is 68.4 Å². The zero-order valence-electron chi connectivity index (χ0n) is 16.1. The number of hydrogen-bond acceptors (Lipinski definition) is 5. The highest BCUT2D eigenvalue weighted by molar-refractivity contribution is 9.10. The fraction of sp³-hybridized carbons (Fsp3) is 0.238. The van der Waals surface area contributed by atoms with Crippen molar-refractivity contribution in [3.8, 4) is 0 Å². The number of hydrogen-bond donors (Lipinski definition) is 1. The first-order valence-electron chi connectivity index (χ1n) is 9.28. The van der Waals surface area contributed by atoms with Gasteiger partial charge in [-0.1, -0.05) is 15.9 Å². The Morgan fingerprint density at radius 2 is 1.72 bits per heavy atom. The van der Waals surface area contributed by atoms with E-state index in [-0.39, 0.29) is 5.11 Å². The van der Waals surface area contributed by atoms with E-state index in [1.54, 1.807) is 12.1 Å². The molecule has 2 aromatic rings. The second kappa shape index (κ2) is 9.28. The predicted octanol–water partition coefficient (Wildman–Crippen LogP) is 4.06. The van der Waals surface area contributed by atoms with Gasteiger partial charge in [0.25, 0.3) is 5.91 Å². The number of carbonyl (C=O) groups excluding carboxylic acids is 2. The van der Waals surface area contributed by atoms with Gasteiger partial charge in [0, 0.05) is 29.5 Å². The Morgan fingerprint density at radius 3 is 2.31 bits per heavy atom. The molecule has 29 heavy (non-hydrogen) atoms. The molecule has 0 spiro atoms. The number of nitrogens with zero attached hydrogens (tertiary/aromatic N) is 3. The molecule has 8 heteroatoms. The van der Waals surface area contributed by atoms with Gasteiger partial charge >= 0.3 is 0 Å². The van der Waals surface area contributed by atoms with E-state index in [0.717, 1.165) is 23.2 Å². The van der Waals surface area contributed by atoms with Crippen LogP contribution in [0.5, 0.6) is 0 Å². The molecule has 0 unspecified atom stereocenters. The minimum Gasteiger partial charge on any atom is -0.372 e. The van der Waals surface area contributed by atoms with Crippen LogP contribution in [-0.4, -0.2) is 36.2 Å². The maximum Gasteiger partial charge on any atom is 0.251 e. The van der Waals surface area contributed by atoms with Gasteiger partial charge in [-0.15, -0.1) is 0 Å². The Balaban J connectivity index is 1.80. The molecule has 2 aromatic carbocycles. The molecule has 1 aliphatic heterocycles. The molecule has 0 aliphatic carbocycles. The molecule has 0 aromatic heterocycles. The molecule has 1 saturated heterocycles. The summed E-state index contributed by atoms with van der Waals surface area (Å²) >= 11 is 8.57. The lowest BCUT2D eigenvalue weighted by molar-refractivity contribution is -0.130. The van der Waals surface area contributed by atoms with Gasteiger partial charge in [0.15, 0.2) is 11.0 Å². The van der Waals surface area contributed by atoms with E-state index in [1.807, 2.05) is 36.4 Å². The zero-order valence-corrected chi connectivity index (χ0v) is 18.5. The van der Waals surface area contributed by atoms with Gasteiger partial charge < -0.3 is 10.2 Å². The van der Waals surface area contributed by atoms with Crippen LogP contribution in [0.25, 0.3) is 0 Å². The molecule has 3 rings (SSSR count). The zero-order chi connectivity index (χ0) is 21.0. The summed E-state index contributed by atoms with van der Waals surface area (Å²) in [7, 11) is 0. The Kier molecular flexibility index (Phi) is 6.76. The van der Waals surface area contributed by atoms with Crippen LogP contribution in [0, 0.1) is 5.92 Å². The van der Waals surface area contributed by atoms with Crippen molar-refractivity contribution in [2.75, 3.05) is 22.9 Å². The monoisotopic (exact) mass is 472 g/mol. The first-order chi connectivity index (χ1) is 13.9. The number of rotatable bonds is 6. The van der Waals surface area contributed by atoms with Gasteiger partial charge in [0.1, 0.15) is 0 Å². The number of thiocarbonyl (C=S) groups is 1. The lowest BCUT2D eigenvalue weighted by Gasteiger charge is -2.30. The number of carbonyl (C=O) groups is 2. The number of nitrogens with one attached hydrogen (secondary N) is 1. The number of halogens is 1. The van der Waals surface area contributed by atoms with Crippen LogP contribution in [-0.2, 0) is 9.59 Å². The second-order valence-electron chi connectivity index (χ2n) is 6.39. The van der Waals surface area contributed by atoms with E-state index >= 15 is 0 Å². The third kappa shape index (κ3) is 4.71. The summed E-state index contributed by atoms with van der Waals surface area (Å²) in [5.74, 6) is -1.95. The molecule has 0 saturated carbocycles. The molecule has 6 nitrogen and oxygen atoms in total. The van der Waals surface area contributed by atoms with Crippen LogP contribution in [0.15, 0.2) is 58.0 Å². The Bertz CT molecular complexity index is 940. The van der Waals surface area contributed by atoms with Gasteiger partial charge in [-0.25, -0.2) is 0 Å². The molecule has 0 radical (unpaired) electrons. The first-order valence-corrected chi connectivity index (χ1v) is 10.5. The van der Waals surface area contributed by atoms with E-state index < -0.39 is 17.7 Å². The van der Waals surface area contributed by atoms with Gasteiger partial charge in [-0.05, 0) is 74.6 Å². The molecule has 1 fully saturated rings. The predicted molar refractivity (Wildman–Crippen MR) is 124 cm³/mol. The summed E-state index contributed by atoms with van der Waals surface area (Å²) in [6.45, 7) is 6.04. The minimum absolute atomic E-state index is 0.0653. The number of amides is 2. The second-order valence-corrected chi connectivity index (χ2v) is 7.69. The van der Waals surface area contributed by atoms with Crippen molar-refractivity contribution < 1.29 is 9.59 Å². The van der Waals surface area contributed by atoms with Crippen LogP contribution in [0.3, 0.4) is 0 Å². The number of aliphatic imine (C=N–C) groups is 1. The summed E-state index contributed by atoms with van der Waals surface area (Å²) in [6.07, 6.45) is 1.37. The summed E-state index contributed by atoms with van der Waals surface area (Å²) in [6, 6.07) is 14.8. The number of benzene rings is 2. The molecule has 2 amide bonds. The standard InChI is InChI=1S/C21H21BrN4O2S/c1-3-25(4-2)16-11-7-15(8-12-16)23-13-18-19(27)24-21(29)26(20(18)28)17-9-5-14(22)6-10-17/h5-13,18H,3-4H2,1-2H3,(H,24,27,29)/t18-/m0/s1. The SMILES string of the molecule is CCN(CC)c1ccc(N=C[C@H]2C(=O)NC(=S)N(c3ccc(Br)cc3)C2=O)cc1. The maximum absolute atomic E-state index is 12.9. The molecule has 1 aliphatic rings. The maximum atomic E-state index is 12.9. The smallest absolute Gasteiger partial charge is 0.251 e. The highest BCUT2D eigenvalue weighted by Gasteiger charge is 2.38. The normalized spacial score (nSPS) is 17.0. The topological polar surface area (TPSA) is 65.0 Å². The van der Waals surface area contributed by atoms with Crippen LogP contribution in [0.4, 0.5) is 17.1 Å². The largest absolute Gasteiger partial charge is 0.372 e. The van der Waals surface area contributed by atoms with Gasteiger partial charge in [0.05, 0.1) is 11.4 Å². The molecule has 1 N–H and O–H groups in total. The van der Waals surface area contributed by atoms with Gasteiger partial charge in [0.2, 0.25) is 5.91 Å². The third-order valence-electron chi connectivity index (χ3n) is 4.64. The fourth-order valence-corrected chi connectivity index (χ4v) is 3.62. The summed E-state index contributed by atoms with van der Waals surface area (Å²) in [5.41, 5.74) is 2.36. The van der Waals surface area contributed by atoms with E-state index in [2.05, 4.69) is 45.0 Å². The molecule has 0 bridgehead atoms. The fourth-order valence-electron chi connectivity index (χ4n) is 3.06. The van der Waals surface area contributed by atoms with Crippen LogP contribution < -0.4 is 15.1 Å². The van der Waals surface area contributed by atoms with Crippen molar-refractivity contribution in [2.24, 2.45) is 10.9 Å². The quantitative estimate of drug-likeness (QED) is 0.391. The minimum atomic E-state index is -1.05.